The van der Waals surface area contributed by atoms with Crippen molar-refractivity contribution < 1.29 is 9.94 Å². The lowest BCUT2D eigenvalue weighted by Crippen LogP contribution is -2.27. The highest BCUT2D eigenvalue weighted by atomic mass is 32.2. The predicted octanol–water partition coefficient (Wildman–Crippen LogP) is 5.36. The predicted molar refractivity (Wildman–Crippen MR) is 116 cm³/mol. The summed E-state index contributed by atoms with van der Waals surface area (Å²) in [4.78, 5) is 7.83. The molecule has 0 bridgehead atoms. The van der Waals surface area contributed by atoms with Gasteiger partial charge in [0.25, 0.3) is 0 Å². The molecule has 4 rings (SSSR count). The van der Waals surface area contributed by atoms with Gasteiger partial charge in [0.2, 0.25) is 5.88 Å². The molecule has 0 fully saturated rings. The first-order valence-electron chi connectivity index (χ1n) is 9.43. The quantitative estimate of drug-likeness (QED) is 0.208. The molecular weight excluding hydrogens is 382 g/mol. The fraction of sp³-hybridized carbons (Fsp3) is 0.217. The van der Waals surface area contributed by atoms with Gasteiger partial charge in [-0.3, -0.25) is 0 Å². The van der Waals surface area contributed by atoms with E-state index < -0.39 is 0 Å². The van der Waals surface area contributed by atoms with Crippen LogP contribution in [0.5, 0.6) is 11.6 Å². The zero-order valence-corrected chi connectivity index (χ0v) is 17.5. The van der Waals surface area contributed by atoms with Crippen molar-refractivity contribution in [1.82, 2.24) is 9.88 Å². The molecule has 2 heterocycles. The van der Waals surface area contributed by atoms with Gasteiger partial charge in [0.05, 0.1) is 5.56 Å². The van der Waals surface area contributed by atoms with Gasteiger partial charge < -0.3 is 14.8 Å². The number of ether oxygens (including phenoxy) is 1. The average molecular weight is 406 g/mol. The summed E-state index contributed by atoms with van der Waals surface area (Å²) in [5, 5.41) is 13.5. The van der Waals surface area contributed by atoms with Gasteiger partial charge in [0.15, 0.2) is 5.84 Å². The van der Waals surface area contributed by atoms with Crippen LogP contribution in [-0.2, 0) is 13.1 Å². The van der Waals surface area contributed by atoms with E-state index in [1.165, 1.54) is 16.0 Å². The topological polar surface area (TPSA) is 58.0 Å². The molecule has 0 aliphatic carbocycles. The zero-order valence-electron chi connectivity index (χ0n) is 16.7. The summed E-state index contributed by atoms with van der Waals surface area (Å²) in [5.41, 5.74) is 5.12. The number of thioether (sulfide) groups is 1. The Hall–Kier alpha value is -2.99. The lowest BCUT2D eigenvalue weighted by atomic mass is 10.1. The molecule has 0 saturated carbocycles. The van der Waals surface area contributed by atoms with E-state index in [0.29, 0.717) is 36.1 Å². The average Bonchev–Trinajstić information content (AvgIpc) is 3.14. The van der Waals surface area contributed by atoms with Crippen LogP contribution in [0.2, 0.25) is 0 Å². The van der Waals surface area contributed by atoms with E-state index >= 15 is 0 Å². The molecule has 6 heteroatoms. The third kappa shape index (κ3) is 3.93. The Morgan fingerprint density at radius 1 is 1.07 bits per heavy atom. The highest BCUT2D eigenvalue weighted by Gasteiger charge is 2.26. The molecule has 2 aromatic carbocycles. The molecule has 1 aromatic heterocycles. The van der Waals surface area contributed by atoms with Crippen LogP contribution in [0.4, 0.5) is 0 Å². The molecule has 148 valence electrons. The van der Waals surface area contributed by atoms with E-state index in [2.05, 4.69) is 35.5 Å². The van der Waals surface area contributed by atoms with E-state index in [9.17, 15) is 5.21 Å². The van der Waals surface area contributed by atoms with Crippen LogP contribution < -0.4 is 4.74 Å². The number of amidine groups is 1. The fourth-order valence-corrected chi connectivity index (χ4v) is 4.16. The van der Waals surface area contributed by atoms with E-state index in [1.807, 2.05) is 54.3 Å². The minimum Gasteiger partial charge on any atom is -0.438 e. The first kappa shape index (κ1) is 19.3. The Bertz CT molecular complexity index is 1060. The second kappa shape index (κ2) is 8.17. The van der Waals surface area contributed by atoms with Crippen molar-refractivity contribution in [1.29, 1.82) is 0 Å². The van der Waals surface area contributed by atoms with Crippen molar-refractivity contribution in [2.24, 2.45) is 5.16 Å². The Morgan fingerprint density at radius 2 is 1.79 bits per heavy atom. The van der Waals surface area contributed by atoms with Crippen LogP contribution >= 0.6 is 11.8 Å². The van der Waals surface area contributed by atoms with Crippen molar-refractivity contribution in [3.8, 4) is 11.6 Å². The number of hydrogen-bond acceptors (Lipinski definition) is 5. The molecule has 0 atom stereocenters. The van der Waals surface area contributed by atoms with Gasteiger partial charge in [0.1, 0.15) is 5.75 Å². The zero-order chi connectivity index (χ0) is 20.4. The Morgan fingerprint density at radius 3 is 2.41 bits per heavy atom. The summed E-state index contributed by atoms with van der Waals surface area (Å²) >= 11 is 1.71. The van der Waals surface area contributed by atoms with Gasteiger partial charge in [-0.15, -0.1) is 11.8 Å². The van der Waals surface area contributed by atoms with Crippen LogP contribution in [0.15, 0.2) is 64.6 Å². The Balaban J connectivity index is 1.67. The van der Waals surface area contributed by atoms with E-state index in [0.717, 1.165) is 11.3 Å². The molecule has 0 saturated heterocycles. The number of benzene rings is 2. The number of rotatable bonds is 4. The lowest BCUT2D eigenvalue weighted by Gasteiger charge is -2.20. The van der Waals surface area contributed by atoms with Crippen molar-refractivity contribution >= 4 is 17.6 Å². The summed E-state index contributed by atoms with van der Waals surface area (Å²) in [7, 11) is 0. The van der Waals surface area contributed by atoms with Gasteiger partial charge >= 0.3 is 0 Å². The SMILES string of the molecule is CSc1ccc(Oc2nc(C)ccc2/C(=N/O)N2Cc3ccccc3C2)cc1C. The van der Waals surface area contributed by atoms with Gasteiger partial charge in [-0.25, -0.2) is 4.98 Å². The summed E-state index contributed by atoms with van der Waals surface area (Å²) in [5.74, 6) is 1.60. The van der Waals surface area contributed by atoms with Crippen molar-refractivity contribution in [3.63, 3.8) is 0 Å². The van der Waals surface area contributed by atoms with E-state index in [1.54, 1.807) is 11.8 Å². The van der Waals surface area contributed by atoms with E-state index in [4.69, 9.17) is 4.74 Å². The van der Waals surface area contributed by atoms with Gasteiger partial charge in [-0.2, -0.15) is 0 Å². The lowest BCUT2D eigenvalue weighted by molar-refractivity contribution is 0.301. The number of hydrogen-bond donors (Lipinski definition) is 1. The Kier molecular flexibility index (Phi) is 5.45. The molecule has 1 aliphatic rings. The maximum absolute atomic E-state index is 9.85. The second-order valence-electron chi connectivity index (χ2n) is 7.09. The number of oxime groups is 1. The maximum Gasteiger partial charge on any atom is 0.230 e. The van der Waals surface area contributed by atoms with E-state index in [-0.39, 0.29) is 0 Å². The summed E-state index contributed by atoms with van der Waals surface area (Å²) in [6.07, 6.45) is 2.06. The second-order valence-corrected chi connectivity index (χ2v) is 7.94. The molecule has 1 aliphatic heterocycles. The molecule has 5 nitrogen and oxygen atoms in total. The number of fused-ring (bicyclic) bond motifs is 1. The fourth-order valence-electron chi connectivity index (χ4n) is 3.58. The normalized spacial score (nSPS) is 13.5. The monoisotopic (exact) mass is 405 g/mol. The van der Waals surface area contributed by atoms with Crippen molar-refractivity contribution in [2.45, 2.75) is 31.8 Å². The van der Waals surface area contributed by atoms with Gasteiger partial charge in [-0.1, -0.05) is 29.4 Å². The first-order valence-corrected chi connectivity index (χ1v) is 10.7. The molecule has 29 heavy (non-hydrogen) atoms. The van der Waals surface area contributed by atoms with Crippen LogP contribution in [0.25, 0.3) is 0 Å². The van der Waals surface area contributed by atoms with Crippen molar-refractivity contribution in [3.05, 3.63) is 82.5 Å². The Labute approximate surface area is 175 Å². The van der Waals surface area contributed by atoms with Gasteiger partial charge in [-0.05, 0) is 67.1 Å². The summed E-state index contributed by atoms with van der Waals surface area (Å²) in [6.45, 7) is 5.35. The molecule has 0 unspecified atom stereocenters. The smallest absolute Gasteiger partial charge is 0.230 e. The molecule has 0 radical (unpaired) electrons. The largest absolute Gasteiger partial charge is 0.438 e. The minimum absolute atomic E-state index is 0.435. The maximum atomic E-state index is 9.85. The van der Waals surface area contributed by atoms with Crippen LogP contribution in [0.3, 0.4) is 0 Å². The van der Waals surface area contributed by atoms with Gasteiger partial charge in [0, 0.05) is 23.7 Å². The first-order chi connectivity index (χ1) is 14.1. The third-order valence-corrected chi connectivity index (χ3v) is 5.95. The molecular formula is C23H23N3O2S. The number of aryl methyl sites for hydroxylation is 2. The molecule has 0 amide bonds. The molecule has 0 spiro atoms. The molecule has 1 N–H and O–H groups in total. The van der Waals surface area contributed by atoms with Crippen LogP contribution in [0.1, 0.15) is 27.9 Å². The molecule has 3 aromatic rings. The highest BCUT2D eigenvalue weighted by molar-refractivity contribution is 7.98. The summed E-state index contributed by atoms with van der Waals surface area (Å²) < 4.78 is 6.15. The summed E-state index contributed by atoms with van der Waals surface area (Å²) in [6, 6.07) is 18.0. The minimum atomic E-state index is 0.435. The third-order valence-electron chi connectivity index (χ3n) is 5.06. The number of pyridine rings is 1. The number of aromatic nitrogens is 1. The number of nitrogens with zero attached hydrogens (tertiary/aromatic N) is 3. The van der Waals surface area contributed by atoms with Crippen LogP contribution in [-0.4, -0.2) is 27.2 Å². The van der Waals surface area contributed by atoms with Crippen LogP contribution in [0, 0.1) is 13.8 Å². The van der Waals surface area contributed by atoms with Crippen molar-refractivity contribution in [2.75, 3.05) is 6.26 Å². The standard InChI is InChI=1S/C23H23N3O2S/c1-15-12-19(9-11-21(15)29-3)28-23-20(10-8-16(2)24-23)22(25-27)26-13-17-6-4-5-7-18(17)14-26/h4-12,27H,13-14H2,1-3H3/b25-22-. The highest BCUT2D eigenvalue weighted by Crippen LogP contribution is 2.31.